The number of nitrogens with one attached hydrogen (secondary N) is 1. The fourth-order valence-electron chi connectivity index (χ4n) is 2.73. The number of carbonyl (C=O) groups excluding carboxylic acids is 2. The summed E-state index contributed by atoms with van der Waals surface area (Å²) in [6, 6.07) is 10.1. The second kappa shape index (κ2) is 8.80. The molecule has 2 heterocycles. The molecule has 154 valence electrons. The van der Waals surface area contributed by atoms with Gasteiger partial charge in [0, 0.05) is 31.3 Å². The van der Waals surface area contributed by atoms with Crippen molar-refractivity contribution in [1.29, 1.82) is 0 Å². The van der Waals surface area contributed by atoms with Crippen molar-refractivity contribution in [1.82, 2.24) is 10.3 Å². The van der Waals surface area contributed by atoms with Crippen LogP contribution in [0.25, 0.3) is 0 Å². The molecule has 0 atom stereocenters. The van der Waals surface area contributed by atoms with Crippen molar-refractivity contribution < 1.29 is 32.2 Å². The molecule has 0 saturated carbocycles. The van der Waals surface area contributed by atoms with Gasteiger partial charge in [-0.05, 0) is 18.2 Å². The highest BCUT2D eigenvalue weighted by Gasteiger charge is 2.29. The molecule has 0 unspecified atom stereocenters. The minimum atomic E-state index is -4.49. The third-order valence-electron chi connectivity index (χ3n) is 4.07. The first-order valence-corrected chi connectivity index (χ1v) is 8.76. The average molecular weight is 409 g/mol. The number of rotatable bonds is 7. The van der Waals surface area contributed by atoms with Crippen molar-refractivity contribution in [2.75, 3.05) is 24.7 Å². The molecule has 1 aromatic carbocycles. The van der Waals surface area contributed by atoms with Crippen LogP contribution in [0.4, 0.5) is 18.9 Å². The van der Waals surface area contributed by atoms with Gasteiger partial charge in [0.25, 0.3) is 5.91 Å². The number of hydrogen-bond donors (Lipinski definition) is 1. The van der Waals surface area contributed by atoms with Crippen LogP contribution in [0.1, 0.15) is 12.0 Å². The zero-order valence-electron chi connectivity index (χ0n) is 15.2. The summed E-state index contributed by atoms with van der Waals surface area (Å²) in [5.74, 6) is -0.254. The van der Waals surface area contributed by atoms with E-state index in [0.717, 1.165) is 0 Å². The van der Waals surface area contributed by atoms with Crippen LogP contribution in [-0.2, 0) is 16.1 Å². The number of aromatic nitrogens is 1. The number of ether oxygens (including phenoxy) is 2. The molecule has 0 bridgehead atoms. The van der Waals surface area contributed by atoms with Gasteiger partial charge < -0.3 is 19.7 Å². The Bertz CT molecular complexity index is 889. The minimum absolute atomic E-state index is 0.0130. The van der Waals surface area contributed by atoms with Crippen LogP contribution < -0.4 is 19.7 Å². The summed E-state index contributed by atoms with van der Waals surface area (Å²) < 4.78 is 47.0. The zero-order valence-corrected chi connectivity index (χ0v) is 15.2. The van der Waals surface area contributed by atoms with E-state index in [1.54, 1.807) is 24.3 Å². The van der Waals surface area contributed by atoms with E-state index in [1.807, 2.05) is 0 Å². The lowest BCUT2D eigenvalue weighted by molar-refractivity contribution is -0.154. The van der Waals surface area contributed by atoms with Gasteiger partial charge in [-0.2, -0.15) is 13.2 Å². The van der Waals surface area contributed by atoms with E-state index in [1.165, 1.54) is 23.2 Å². The van der Waals surface area contributed by atoms with Gasteiger partial charge in [-0.1, -0.05) is 18.2 Å². The summed E-state index contributed by atoms with van der Waals surface area (Å²) in [5.41, 5.74) is 0.907. The number of amides is 2. The van der Waals surface area contributed by atoms with Crippen LogP contribution >= 0.6 is 0 Å². The number of hydrogen-bond acceptors (Lipinski definition) is 5. The van der Waals surface area contributed by atoms with Crippen LogP contribution in [0.3, 0.4) is 0 Å². The van der Waals surface area contributed by atoms with Crippen molar-refractivity contribution in [3.63, 3.8) is 0 Å². The SMILES string of the molecule is O=C(CCN1C(=O)COc2ccccc21)NCc1cccnc1OCC(F)(F)F. The van der Waals surface area contributed by atoms with Gasteiger partial charge in [-0.25, -0.2) is 4.98 Å². The molecule has 0 radical (unpaired) electrons. The molecular weight excluding hydrogens is 391 g/mol. The number of pyridine rings is 1. The van der Waals surface area contributed by atoms with Crippen LogP contribution in [0, 0.1) is 0 Å². The number of fused-ring (bicyclic) bond motifs is 1. The van der Waals surface area contributed by atoms with Crippen LogP contribution in [0.2, 0.25) is 0 Å². The van der Waals surface area contributed by atoms with Gasteiger partial charge in [0.05, 0.1) is 5.69 Å². The standard InChI is InChI=1S/C19H18F3N3O4/c20-19(21,22)12-29-18-13(4-3-8-23-18)10-24-16(26)7-9-25-14-5-1-2-6-15(14)28-11-17(25)27/h1-6,8H,7,9-12H2,(H,24,26). The number of nitrogens with zero attached hydrogens (tertiary/aromatic N) is 2. The molecule has 0 aliphatic carbocycles. The van der Waals surface area contributed by atoms with Gasteiger partial charge in [-0.15, -0.1) is 0 Å². The highest BCUT2D eigenvalue weighted by Crippen LogP contribution is 2.31. The van der Waals surface area contributed by atoms with Crippen molar-refractivity contribution in [3.8, 4) is 11.6 Å². The number of para-hydroxylation sites is 2. The monoisotopic (exact) mass is 409 g/mol. The third-order valence-corrected chi connectivity index (χ3v) is 4.07. The Hall–Kier alpha value is -3.30. The van der Waals surface area contributed by atoms with Crippen LogP contribution in [0.5, 0.6) is 11.6 Å². The minimum Gasteiger partial charge on any atom is -0.482 e. The van der Waals surface area contributed by atoms with E-state index in [0.29, 0.717) is 17.0 Å². The number of alkyl halides is 3. The first-order valence-electron chi connectivity index (χ1n) is 8.76. The van der Waals surface area contributed by atoms with Crippen molar-refractivity contribution >= 4 is 17.5 Å². The summed E-state index contributed by atoms with van der Waals surface area (Å²) in [6.07, 6.45) is -3.17. The lowest BCUT2D eigenvalue weighted by Gasteiger charge is -2.29. The first kappa shape index (κ1) is 20.4. The molecule has 7 nitrogen and oxygen atoms in total. The van der Waals surface area contributed by atoms with Gasteiger partial charge in [0.1, 0.15) is 5.75 Å². The third kappa shape index (κ3) is 5.59. The summed E-state index contributed by atoms with van der Waals surface area (Å²) in [4.78, 5) is 29.5. The molecule has 3 rings (SSSR count). The summed E-state index contributed by atoms with van der Waals surface area (Å²) >= 11 is 0. The fourth-order valence-corrected chi connectivity index (χ4v) is 2.73. The van der Waals surface area contributed by atoms with Crippen molar-refractivity contribution in [3.05, 3.63) is 48.2 Å². The molecular formula is C19H18F3N3O4. The van der Waals surface area contributed by atoms with Crippen molar-refractivity contribution in [2.45, 2.75) is 19.1 Å². The maximum Gasteiger partial charge on any atom is 0.422 e. The van der Waals surface area contributed by atoms with E-state index in [4.69, 9.17) is 4.74 Å². The summed E-state index contributed by atoms with van der Waals surface area (Å²) in [6.45, 7) is -1.47. The quantitative estimate of drug-likeness (QED) is 0.760. The fraction of sp³-hybridized carbons (Fsp3) is 0.316. The Labute approximate surface area is 164 Å². The van der Waals surface area contributed by atoms with E-state index in [2.05, 4.69) is 15.0 Å². The number of halogens is 3. The molecule has 1 aliphatic heterocycles. The van der Waals surface area contributed by atoms with Gasteiger partial charge in [0.2, 0.25) is 11.8 Å². The van der Waals surface area contributed by atoms with Crippen molar-refractivity contribution in [2.24, 2.45) is 0 Å². The van der Waals surface area contributed by atoms with Crippen LogP contribution in [-0.4, -0.2) is 42.7 Å². The van der Waals surface area contributed by atoms with E-state index in [-0.39, 0.29) is 43.8 Å². The van der Waals surface area contributed by atoms with E-state index in [9.17, 15) is 22.8 Å². The largest absolute Gasteiger partial charge is 0.482 e. The molecule has 10 heteroatoms. The molecule has 29 heavy (non-hydrogen) atoms. The smallest absolute Gasteiger partial charge is 0.422 e. The predicted molar refractivity (Wildman–Crippen MR) is 96.5 cm³/mol. The first-order chi connectivity index (χ1) is 13.8. The van der Waals surface area contributed by atoms with Gasteiger partial charge >= 0.3 is 6.18 Å². The molecule has 2 amide bonds. The van der Waals surface area contributed by atoms with Gasteiger partial charge in [-0.3, -0.25) is 9.59 Å². The molecule has 1 aliphatic rings. The summed E-state index contributed by atoms with van der Waals surface area (Å²) in [5, 5.41) is 2.61. The molecule has 1 aromatic heterocycles. The Balaban J connectivity index is 1.54. The second-order valence-corrected chi connectivity index (χ2v) is 6.20. The number of benzene rings is 1. The topological polar surface area (TPSA) is 80.8 Å². The maximum atomic E-state index is 12.3. The van der Waals surface area contributed by atoms with Crippen LogP contribution in [0.15, 0.2) is 42.6 Å². The molecule has 0 saturated heterocycles. The average Bonchev–Trinajstić information content (AvgIpc) is 2.70. The predicted octanol–water partition coefficient (Wildman–Crippen LogP) is 2.45. The summed E-state index contributed by atoms with van der Waals surface area (Å²) in [7, 11) is 0. The molecule has 2 aromatic rings. The highest BCUT2D eigenvalue weighted by atomic mass is 19.4. The Morgan fingerprint density at radius 2 is 2.03 bits per heavy atom. The maximum absolute atomic E-state index is 12.3. The lowest BCUT2D eigenvalue weighted by Crippen LogP contribution is -2.41. The Morgan fingerprint density at radius 1 is 1.24 bits per heavy atom. The normalized spacial score (nSPS) is 13.5. The van der Waals surface area contributed by atoms with E-state index >= 15 is 0 Å². The van der Waals surface area contributed by atoms with Gasteiger partial charge in [0.15, 0.2) is 13.2 Å². The molecule has 1 N–H and O–H groups in total. The van der Waals surface area contributed by atoms with E-state index < -0.39 is 12.8 Å². The number of anilines is 1. The Kier molecular flexibility index (Phi) is 6.20. The number of carbonyl (C=O) groups is 2. The lowest BCUT2D eigenvalue weighted by atomic mass is 10.2. The zero-order chi connectivity index (χ0) is 20.9. The highest BCUT2D eigenvalue weighted by molar-refractivity contribution is 5.98. The molecule has 0 spiro atoms. The Morgan fingerprint density at radius 3 is 2.83 bits per heavy atom. The molecule has 0 fully saturated rings. The second-order valence-electron chi connectivity index (χ2n) is 6.20.